The van der Waals surface area contributed by atoms with Crippen molar-refractivity contribution in [1.29, 1.82) is 0 Å². The number of benzene rings is 3. The molecule has 0 fully saturated rings. The third-order valence-electron chi connectivity index (χ3n) is 4.53. The van der Waals surface area contributed by atoms with Gasteiger partial charge in [0.2, 0.25) is 0 Å². The fraction of sp³-hybridized carbons (Fsp3) is 0.0952. The van der Waals surface area contributed by atoms with Gasteiger partial charge in [-0.1, -0.05) is 30.3 Å². The first kappa shape index (κ1) is 23.1. The van der Waals surface area contributed by atoms with Gasteiger partial charge in [0.15, 0.2) is 0 Å². The van der Waals surface area contributed by atoms with E-state index in [1.807, 2.05) is 0 Å². The van der Waals surface area contributed by atoms with E-state index in [9.17, 15) is 27.5 Å². The van der Waals surface area contributed by atoms with Gasteiger partial charge in [-0.15, -0.1) is 0 Å². The molecule has 3 aromatic carbocycles. The Morgan fingerprint density at radius 2 is 1.53 bits per heavy atom. The predicted octanol–water partition coefficient (Wildman–Crippen LogP) is 4.00. The number of aryl methyl sites for hydroxylation is 1. The first-order valence-corrected chi connectivity index (χ1v) is 12.6. The summed E-state index contributed by atoms with van der Waals surface area (Å²) >= 11 is 0. The van der Waals surface area contributed by atoms with Crippen molar-refractivity contribution in [2.45, 2.75) is 16.7 Å². The number of amides is 1. The number of nitrogens with one attached hydrogen (secondary N) is 1. The first-order valence-electron chi connectivity index (χ1n) is 9.20. The molecule has 1 amide bonds. The Balaban J connectivity index is 2.01. The Morgan fingerprint density at radius 1 is 0.906 bits per heavy atom. The van der Waals surface area contributed by atoms with Crippen LogP contribution in [0.25, 0.3) is 0 Å². The molecule has 0 aliphatic carbocycles. The van der Waals surface area contributed by atoms with Crippen LogP contribution in [-0.4, -0.2) is 29.7 Å². The fourth-order valence-electron chi connectivity index (χ4n) is 2.92. The Bertz CT molecular complexity index is 1410. The number of rotatable bonds is 6. The number of carbonyl (C=O) groups excluding carboxylic acids is 1. The summed E-state index contributed by atoms with van der Waals surface area (Å²) in [5.41, 5.74) is 0.0996. The van der Waals surface area contributed by atoms with E-state index in [1.165, 1.54) is 12.3 Å². The van der Waals surface area contributed by atoms with Crippen molar-refractivity contribution < 1.29 is 22.3 Å². The molecule has 11 heteroatoms. The van der Waals surface area contributed by atoms with Gasteiger partial charge < -0.3 is 0 Å². The van der Waals surface area contributed by atoms with Gasteiger partial charge in [-0.2, -0.15) is 4.36 Å². The molecule has 1 atom stereocenters. The highest BCUT2D eigenvalue weighted by Gasteiger charge is 2.22. The van der Waals surface area contributed by atoms with Crippen LogP contribution in [0.3, 0.4) is 0 Å². The van der Waals surface area contributed by atoms with Gasteiger partial charge in [0.1, 0.15) is 0 Å². The molecule has 0 heterocycles. The van der Waals surface area contributed by atoms with Crippen molar-refractivity contribution in [3.8, 4) is 0 Å². The minimum Gasteiger partial charge on any atom is -0.279 e. The lowest BCUT2D eigenvalue weighted by atomic mass is 10.1. The van der Waals surface area contributed by atoms with Crippen LogP contribution in [-0.2, 0) is 19.8 Å². The average Bonchev–Trinajstić information content (AvgIpc) is 2.74. The standard InChI is InChI=1S/C21H19N3O6S2/c1-15-7-6-10-19(22-32(29,30)18-13-11-16(12-14-18)24(26)27)20(15)21(25)23-31(2,28)17-8-4-3-5-9-17/h3-14,22H,1-2H3. The minimum atomic E-state index is -4.16. The molecule has 3 rings (SSSR count). The molecule has 1 N–H and O–H groups in total. The van der Waals surface area contributed by atoms with Crippen molar-refractivity contribution in [3.05, 3.63) is 94.0 Å². The lowest BCUT2D eigenvalue weighted by Crippen LogP contribution is -2.16. The van der Waals surface area contributed by atoms with E-state index in [-0.39, 0.29) is 21.8 Å². The van der Waals surface area contributed by atoms with Gasteiger partial charge >= 0.3 is 0 Å². The van der Waals surface area contributed by atoms with Crippen LogP contribution < -0.4 is 4.72 Å². The van der Waals surface area contributed by atoms with Gasteiger partial charge in [-0.25, -0.2) is 12.6 Å². The minimum absolute atomic E-state index is 0.0384. The van der Waals surface area contributed by atoms with Crippen LogP contribution in [0.5, 0.6) is 0 Å². The van der Waals surface area contributed by atoms with Crippen LogP contribution in [0.2, 0.25) is 0 Å². The normalized spacial score (nSPS) is 13.1. The zero-order chi connectivity index (χ0) is 23.5. The number of nitrogens with zero attached hydrogens (tertiary/aromatic N) is 2. The molecule has 0 radical (unpaired) electrons. The van der Waals surface area contributed by atoms with Crippen molar-refractivity contribution in [3.63, 3.8) is 0 Å². The number of hydrogen-bond acceptors (Lipinski definition) is 6. The fourth-order valence-corrected chi connectivity index (χ4v) is 5.16. The smallest absolute Gasteiger partial charge is 0.279 e. The topological polar surface area (TPSA) is 136 Å². The third-order valence-corrected chi connectivity index (χ3v) is 7.57. The number of hydrogen-bond donors (Lipinski definition) is 1. The van der Waals surface area contributed by atoms with Crippen LogP contribution in [0.1, 0.15) is 15.9 Å². The second kappa shape index (κ2) is 8.89. The second-order valence-corrected chi connectivity index (χ2v) is 10.8. The number of nitro groups is 1. The Kier molecular flexibility index (Phi) is 6.42. The lowest BCUT2D eigenvalue weighted by Gasteiger charge is -2.13. The molecule has 166 valence electrons. The molecule has 3 aromatic rings. The molecule has 1 unspecified atom stereocenters. The van der Waals surface area contributed by atoms with Gasteiger partial charge in [0.25, 0.3) is 21.6 Å². The van der Waals surface area contributed by atoms with Crippen LogP contribution >= 0.6 is 0 Å². The van der Waals surface area contributed by atoms with Gasteiger partial charge in [0, 0.05) is 23.3 Å². The molecule has 0 aliphatic rings. The molecule has 0 saturated carbocycles. The molecule has 0 spiro atoms. The van der Waals surface area contributed by atoms with E-state index in [0.29, 0.717) is 10.5 Å². The maximum absolute atomic E-state index is 13.0. The molecule has 0 aromatic heterocycles. The number of non-ortho nitro benzene ring substituents is 1. The average molecular weight is 474 g/mol. The molecule has 32 heavy (non-hydrogen) atoms. The number of carbonyl (C=O) groups is 1. The monoisotopic (exact) mass is 473 g/mol. The summed E-state index contributed by atoms with van der Waals surface area (Å²) in [4.78, 5) is 23.3. The van der Waals surface area contributed by atoms with Crippen molar-refractivity contribution >= 4 is 37.0 Å². The maximum atomic E-state index is 13.0. The highest BCUT2D eigenvalue weighted by molar-refractivity contribution is 7.93. The van der Waals surface area contributed by atoms with Crippen LogP contribution in [0.4, 0.5) is 11.4 Å². The lowest BCUT2D eigenvalue weighted by molar-refractivity contribution is -0.384. The quantitative estimate of drug-likeness (QED) is 0.424. The summed E-state index contributed by atoms with van der Waals surface area (Å²) < 4.78 is 44.8. The van der Waals surface area contributed by atoms with E-state index < -0.39 is 30.6 Å². The second-order valence-electron chi connectivity index (χ2n) is 6.87. The van der Waals surface area contributed by atoms with E-state index in [2.05, 4.69) is 9.08 Å². The van der Waals surface area contributed by atoms with E-state index >= 15 is 0 Å². The van der Waals surface area contributed by atoms with E-state index in [1.54, 1.807) is 49.4 Å². The van der Waals surface area contributed by atoms with E-state index in [4.69, 9.17) is 0 Å². The van der Waals surface area contributed by atoms with Crippen molar-refractivity contribution in [2.75, 3.05) is 11.0 Å². The molecular formula is C21H19N3O6S2. The van der Waals surface area contributed by atoms with Crippen LogP contribution in [0, 0.1) is 17.0 Å². The van der Waals surface area contributed by atoms with Gasteiger partial charge in [0.05, 0.1) is 30.8 Å². The third kappa shape index (κ3) is 5.01. The maximum Gasteiger partial charge on any atom is 0.287 e. The zero-order valence-electron chi connectivity index (χ0n) is 17.1. The summed E-state index contributed by atoms with van der Waals surface area (Å²) in [6, 6.07) is 17.2. The van der Waals surface area contributed by atoms with E-state index in [0.717, 1.165) is 24.3 Å². The summed E-state index contributed by atoms with van der Waals surface area (Å²) in [7, 11) is -7.23. The highest BCUT2D eigenvalue weighted by Crippen LogP contribution is 2.26. The first-order chi connectivity index (χ1) is 15.0. The Labute approximate surface area is 185 Å². The molecule has 0 bridgehead atoms. The van der Waals surface area contributed by atoms with Crippen molar-refractivity contribution in [2.24, 2.45) is 4.36 Å². The van der Waals surface area contributed by atoms with Crippen LogP contribution in [0.15, 0.2) is 87.0 Å². The highest BCUT2D eigenvalue weighted by atomic mass is 32.2. The SMILES string of the molecule is Cc1cccc(NS(=O)(=O)c2ccc([N+](=O)[O-])cc2)c1C(=O)N=S(C)(=O)c1ccccc1. The number of nitro benzene ring substituents is 1. The van der Waals surface area contributed by atoms with Gasteiger partial charge in [-0.05, 0) is 42.8 Å². The summed E-state index contributed by atoms with van der Waals surface area (Å²) in [6.07, 6.45) is 1.33. The van der Waals surface area contributed by atoms with Crippen molar-refractivity contribution in [1.82, 2.24) is 0 Å². The predicted molar refractivity (Wildman–Crippen MR) is 121 cm³/mol. The largest absolute Gasteiger partial charge is 0.287 e. The molecule has 9 nitrogen and oxygen atoms in total. The summed E-state index contributed by atoms with van der Waals surface area (Å²) in [5.74, 6) is -0.833. The zero-order valence-corrected chi connectivity index (χ0v) is 18.7. The number of anilines is 1. The Hall–Kier alpha value is -3.57. The summed E-state index contributed by atoms with van der Waals surface area (Å²) in [6.45, 7) is 1.60. The molecule has 0 saturated heterocycles. The van der Waals surface area contributed by atoms with Gasteiger partial charge in [-0.3, -0.25) is 19.6 Å². The molecule has 0 aliphatic heterocycles. The summed E-state index contributed by atoms with van der Waals surface area (Å²) in [5, 5.41) is 10.8. The number of sulfonamides is 1. The molecular weight excluding hydrogens is 454 g/mol. The Morgan fingerprint density at radius 3 is 2.12 bits per heavy atom.